The van der Waals surface area contributed by atoms with Crippen molar-refractivity contribution in [2.24, 2.45) is 0 Å². The van der Waals surface area contributed by atoms with Crippen LogP contribution < -0.4 is 5.32 Å². The highest BCUT2D eigenvalue weighted by molar-refractivity contribution is 5.77. The van der Waals surface area contributed by atoms with Crippen molar-refractivity contribution < 1.29 is 4.79 Å². The lowest BCUT2D eigenvalue weighted by Gasteiger charge is -2.03. The summed E-state index contributed by atoms with van der Waals surface area (Å²) >= 11 is 0. The van der Waals surface area contributed by atoms with Gasteiger partial charge in [-0.1, -0.05) is 62.2 Å². The van der Waals surface area contributed by atoms with Gasteiger partial charge < -0.3 is 5.32 Å². The number of hydrogen-bond donors (Lipinski definition) is 1. The molecule has 0 aliphatic carbocycles. The maximum absolute atomic E-state index is 11.5. The molecule has 0 unspecified atom stereocenters. The number of hydrogen-bond acceptors (Lipinski definition) is 1. The SMILES string of the molecule is CCCCC/C=C\CC(=O)NCc1ccccc1. The summed E-state index contributed by atoms with van der Waals surface area (Å²) in [5.41, 5.74) is 1.14. The highest BCUT2D eigenvalue weighted by atomic mass is 16.1. The summed E-state index contributed by atoms with van der Waals surface area (Å²) in [6.45, 7) is 2.81. The molecule has 0 saturated heterocycles. The van der Waals surface area contributed by atoms with E-state index in [-0.39, 0.29) is 5.91 Å². The number of carbonyl (C=O) groups excluding carboxylic acids is 1. The fourth-order valence-corrected chi connectivity index (χ4v) is 1.69. The van der Waals surface area contributed by atoms with Gasteiger partial charge in [0.15, 0.2) is 0 Å². The Morgan fingerprint density at radius 3 is 2.67 bits per heavy atom. The zero-order valence-corrected chi connectivity index (χ0v) is 11.2. The van der Waals surface area contributed by atoms with Crippen molar-refractivity contribution in [2.75, 3.05) is 0 Å². The van der Waals surface area contributed by atoms with Crippen LogP contribution in [-0.4, -0.2) is 5.91 Å². The van der Waals surface area contributed by atoms with Gasteiger partial charge in [-0.3, -0.25) is 4.79 Å². The Kier molecular flexibility index (Phi) is 7.61. The van der Waals surface area contributed by atoms with Gasteiger partial charge in [0.1, 0.15) is 0 Å². The number of amides is 1. The molecule has 0 aliphatic rings. The summed E-state index contributed by atoms with van der Waals surface area (Å²) in [4.78, 5) is 11.5. The van der Waals surface area contributed by atoms with Crippen LogP contribution in [0, 0.1) is 0 Å². The molecule has 0 bridgehead atoms. The van der Waals surface area contributed by atoms with Gasteiger partial charge in [-0.2, -0.15) is 0 Å². The van der Waals surface area contributed by atoms with Gasteiger partial charge in [0.05, 0.1) is 0 Å². The second kappa shape index (κ2) is 9.46. The predicted octanol–water partition coefficient (Wildman–Crippen LogP) is 3.83. The van der Waals surface area contributed by atoms with Crippen LogP contribution in [0.4, 0.5) is 0 Å². The summed E-state index contributed by atoms with van der Waals surface area (Å²) in [5.74, 6) is 0.0885. The van der Waals surface area contributed by atoms with Gasteiger partial charge in [0, 0.05) is 13.0 Å². The summed E-state index contributed by atoms with van der Waals surface area (Å²) in [5, 5.41) is 2.91. The fourth-order valence-electron chi connectivity index (χ4n) is 1.69. The van der Waals surface area contributed by atoms with Gasteiger partial charge in [0.2, 0.25) is 5.91 Å². The molecule has 0 radical (unpaired) electrons. The van der Waals surface area contributed by atoms with Gasteiger partial charge in [-0.15, -0.1) is 0 Å². The topological polar surface area (TPSA) is 29.1 Å². The smallest absolute Gasteiger partial charge is 0.224 e. The number of rotatable bonds is 8. The van der Waals surface area contributed by atoms with E-state index in [1.54, 1.807) is 0 Å². The molecule has 0 spiro atoms. The van der Waals surface area contributed by atoms with Crippen LogP contribution in [0.25, 0.3) is 0 Å². The molecule has 1 aromatic carbocycles. The van der Waals surface area contributed by atoms with E-state index in [0.29, 0.717) is 13.0 Å². The highest BCUT2D eigenvalue weighted by Crippen LogP contribution is 2.01. The van der Waals surface area contributed by atoms with Crippen LogP contribution in [0.1, 0.15) is 44.6 Å². The first-order valence-corrected chi connectivity index (χ1v) is 6.78. The number of nitrogens with one attached hydrogen (secondary N) is 1. The van der Waals surface area contributed by atoms with Crippen molar-refractivity contribution in [3.8, 4) is 0 Å². The summed E-state index contributed by atoms with van der Waals surface area (Å²) in [7, 11) is 0. The van der Waals surface area contributed by atoms with Gasteiger partial charge in [-0.25, -0.2) is 0 Å². The zero-order valence-electron chi connectivity index (χ0n) is 11.2. The third-order valence-electron chi connectivity index (χ3n) is 2.78. The van der Waals surface area contributed by atoms with E-state index >= 15 is 0 Å². The molecule has 98 valence electrons. The van der Waals surface area contributed by atoms with E-state index in [9.17, 15) is 4.79 Å². The van der Waals surface area contributed by atoms with E-state index in [0.717, 1.165) is 12.0 Å². The van der Waals surface area contributed by atoms with Crippen molar-refractivity contribution in [3.05, 3.63) is 48.0 Å². The molecule has 0 aromatic heterocycles. The lowest BCUT2D eigenvalue weighted by atomic mass is 10.2. The van der Waals surface area contributed by atoms with Crippen LogP contribution in [0.3, 0.4) is 0 Å². The Morgan fingerprint density at radius 1 is 1.17 bits per heavy atom. The largest absolute Gasteiger partial charge is 0.352 e. The molecule has 1 rings (SSSR count). The van der Waals surface area contributed by atoms with Crippen LogP contribution >= 0.6 is 0 Å². The molecule has 0 saturated carbocycles. The fraction of sp³-hybridized carbons (Fsp3) is 0.438. The van der Waals surface area contributed by atoms with Gasteiger partial charge in [0.25, 0.3) is 0 Å². The molecule has 1 amide bonds. The second-order valence-electron chi connectivity index (χ2n) is 4.43. The molecule has 18 heavy (non-hydrogen) atoms. The Labute approximate surface area is 110 Å². The molecule has 2 nitrogen and oxygen atoms in total. The van der Waals surface area contributed by atoms with Gasteiger partial charge >= 0.3 is 0 Å². The van der Waals surface area contributed by atoms with Crippen molar-refractivity contribution in [2.45, 2.75) is 45.6 Å². The predicted molar refractivity (Wildman–Crippen MR) is 76.2 cm³/mol. The molecule has 0 fully saturated rings. The van der Waals surface area contributed by atoms with E-state index in [1.165, 1.54) is 19.3 Å². The van der Waals surface area contributed by atoms with E-state index in [2.05, 4.69) is 18.3 Å². The molecule has 2 heteroatoms. The number of carbonyl (C=O) groups is 1. The Hall–Kier alpha value is -1.57. The number of unbranched alkanes of at least 4 members (excludes halogenated alkanes) is 3. The average Bonchev–Trinajstić information content (AvgIpc) is 2.41. The first-order chi connectivity index (χ1) is 8.83. The van der Waals surface area contributed by atoms with Crippen molar-refractivity contribution in [1.82, 2.24) is 5.32 Å². The van der Waals surface area contributed by atoms with Crippen LogP contribution in [-0.2, 0) is 11.3 Å². The molecule has 1 N–H and O–H groups in total. The Bertz CT molecular complexity index is 357. The normalized spacial score (nSPS) is 10.7. The maximum atomic E-state index is 11.5. The van der Waals surface area contributed by atoms with Crippen molar-refractivity contribution >= 4 is 5.91 Å². The monoisotopic (exact) mass is 245 g/mol. The van der Waals surface area contributed by atoms with E-state index in [4.69, 9.17) is 0 Å². The molecule has 1 aromatic rings. The molecule has 0 heterocycles. The zero-order chi connectivity index (χ0) is 13.1. The highest BCUT2D eigenvalue weighted by Gasteiger charge is 1.97. The lowest BCUT2D eigenvalue weighted by molar-refractivity contribution is -0.120. The number of benzene rings is 1. The third-order valence-corrected chi connectivity index (χ3v) is 2.78. The standard InChI is InChI=1S/C16H23NO/c1-2-3-4-5-6-10-13-16(18)17-14-15-11-8-7-9-12-15/h6-12H,2-5,13-14H2,1H3,(H,17,18)/b10-6-. The molecule has 0 aliphatic heterocycles. The Morgan fingerprint density at radius 2 is 1.94 bits per heavy atom. The molecular weight excluding hydrogens is 222 g/mol. The maximum Gasteiger partial charge on any atom is 0.224 e. The van der Waals surface area contributed by atoms with Crippen molar-refractivity contribution in [3.63, 3.8) is 0 Å². The minimum atomic E-state index is 0.0885. The molecule has 0 atom stereocenters. The first-order valence-electron chi connectivity index (χ1n) is 6.78. The Balaban J connectivity index is 2.10. The van der Waals surface area contributed by atoms with Gasteiger partial charge in [-0.05, 0) is 18.4 Å². The number of allylic oxidation sites excluding steroid dienone is 1. The molecular formula is C16H23NO. The van der Waals surface area contributed by atoms with Crippen LogP contribution in [0.15, 0.2) is 42.5 Å². The summed E-state index contributed by atoms with van der Waals surface area (Å²) in [6.07, 6.45) is 9.38. The first kappa shape index (κ1) is 14.5. The van der Waals surface area contributed by atoms with E-state index in [1.807, 2.05) is 36.4 Å². The summed E-state index contributed by atoms with van der Waals surface area (Å²) in [6, 6.07) is 9.97. The van der Waals surface area contributed by atoms with Crippen LogP contribution in [0.5, 0.6) is 0 Å². The van der Waals surface area contributed by atoms with Crippen LogP contribution in [0.2, 0.25) is 0 Å². The van der Waals surface area contributed by atoms with E-state index < -0.39 is 0 Å². The average molecular weight is 245 g/mol. The minimum Gasteiger partial charge on any atom is -0.352 e. The quantitative estimate of drug-likeness (QED) is 0.547. The summed E-state index contributed by atoms with van der Waals surface area (Å²) < 4.78 is 0. The third kappa shape index (κ3) is 6.89. The van der Waals surface area contributed by atoms with Crippen molar-refractivity contribution in [1.29, 1.82) is 0 Å². The minimum absolute atomic E-state index is 0.0885. The lowest BCUT2D eigenvalue weighted by Crippen LogP contribution is -2.21. The second-order valence-corrected chi connectivity index (χ2v) is 4.43.